The van der Waals surface area contributed by atoms with Crippen LogP contribution in [0.25, 0.3) is 0 Å². The highest BCUT2D eigenvalue weighted by molar-refractivity contribution is 5.23. The van der Waals surface area contributed by atoms with Gasteiger partial charge in [0.25, 0.3) is 0 Å². The molecular weight excluding hydrogens is 292 g/mol. The van der Waals surface area contributed by atoms with Crippen molar-refractivity contribution in [1.82, 2.24) is 0 Å². The molecule has 0 aromatic rings. The van der Waals surface area contributed by atoms with Gasteiger partial charge in [-0.15, -0.1) is 0 Å². The van der Waals surface area contributed by atoms with E-state index in [4.69, 9.17) is 0 Å². The number of rotatable bonds is 2. The zero-order valence-electron chi connectivity index (χ0n) is 16.2. The Balaban J connectivity index is 1.52. The fourth-order valence-corrected chi connectivity index (χ4v) is 7.98. The second-order valence-corrected chi connectivity index (χ2v) is 9.96. The van der Waals surface area contributed by atoms with Crippen LogP contribution >= 0.6 is 0 Å². The van der Waals surface area contributed by atoms with E-state index in [0.717, 1.165) is 55.3 Å². The van der Waals surface area contributed by atoms with Crippen molar-refractivity contribution in [2.45, 2.75) is 97.0 Å². The molecule has 4 fully saturated rings. The van der Waals surface area contributed by atoms with Crippen LogP contribution in [0.2, 0.25) is 0 Å². The van der Waals surface area contributed by atoms with Gasteiger partial charge in [0, 0.05) is 0 Å². The summed E-state index contributed by atoms with van der Waals surface area (Å²) >= 11 is 0. The fourth-order valence-electron chi connectivity index (χ4n) is 7.98. The van der Waals surface area contributed by atoms with Crippen LogP contribution in [-0.2, 0) is 0 Å². The second kappa shape index (κ2) is 6.15. The van der Waals surface area contributed by atoms with Crippen LogP contribution in [0.1, 0.15) is 91.4 Å². The monoisotopic (exact) mass is 330 g/mol. The summed E-state index contributed by atoms with van der Waals surface area (Å²) in [7, 11) is 0. The predicted molar refractivity (Wildman–Crippen MR) is 101 cm³/mol. The van der Waals surface area contributed by atoms with Gasteiger partial charge in [0.15, 0.2) is 0 Å². The Labute approximate surface area is 149 Å². The van der Waals surface area contributed by atoms with Gasteiger partial charge < -0.3 is 5.11 Å². The van der Waals surface area contributed by atoms with Gasteiger partial charge in [-0.25, -0.2) is 0 Å². The second-order valence-electron chi connectivity index (χ2n) is 9.96. The molecule has 0 aromatic carbocycles. The van der Waals surface area contributed by atoms with Crippen LogP contribution in [0.3, 0.4) is 0 Å². The van der Waals surface area contributed by atoms with Crippen molar-refractivity contribution in [1.29, 1.82) is 0 Å². The molecule has 4 rings (SSSR count). The first-order chi connectivity index (χ1) is 11.5. The summed E-state index contributed by atoms with van der Waals surface area (Å²) in [6, 6.07) is 0. The lowest BCUT2D eigenvalue weighted by molar-refractivity contribution is -0.0998. The Bertz CT molecular complexity index is 508. The van der Waals surface area contributed by atoms with Gasteiger partial charge in [-0.1, -0.05) is 31.9 Å². The third-order valence-electron chi connectivity index (χ3n) is 9.02. The van der Waals surface area contributed by atoms with Crippen molar-refractivity contribution in [3.8, 4) is 0 Å². The van der Waals surface area contributed by atoms with Crippen LogP contribution in [0.4, 0.5) is 0 Å². The molecule has 7 atom stereocenters. The third-order valence-corrected chi connectivity index (χ3v) is 9.02. The first kappa shape index (κ1) is 17.1. The van der Waals surface area contributed by atoms with E-state index in [2.05, 4.69) is 26.8 Å². The van der Waals surface area contributed by atoms with Gasteiger partial charge in [0.1, 0.15) is 0 Å². The van der Waals surface area contributed by atoms with Crippen molar-refractivity contribution in [3.63, 3.8) is 0 Å². The maximum absolute atomic E-state index is 11.0. The maximum Gasteiger partial charge on any atom is 0.0650 e. The molecule has 4 aliphatic carbocycles. The molecule has 0 spiro atoms. The summed E-state index contributed by atoms with van der Waals surface area (Å²) in [6.07, 6.45) is 16.6. The SMILES string of the molecule is C/C=C1/CC[C@H]2[C@@H]3CC[C@@H]4C[C@@](O)(CCC)CC[C@@H]4[C@H]3CC[C@]12C. The standard InChI is InChI=1S/C23H38O/c1-4-12-23(24)14-11-18-16(15-23)6-8-20-19(18)10-13-22(3)17(5-2)7-9-21(20)22/h5,16,18-21,24H,4,6-15H2,1-3H3/b17-5-/t16-,18+,19-,20-,21+,22-,23-/m1/s1. The van der Waals surface area contributed by atoms with Crippen molar-refractivity contribution in [3.05, 3.63) is 11.6 Å². The molecule has 0 radical (unpaired) electrons. The first-order valence-electron chi connectivity index (χ1n) is 10.9. The molecular formula is C23H38O. The molecule has 4 saturated carbocycles. The lowest BCUT2D eigenvalue weighted by Crippen LogP contribution is -2.50. The number of hydrogen-bond acceptors (Lipinski definition) is 1. The minimum atomic E-state index is -0.322. The summed E-state index contributed by atoms with van der Waals surface area (Å²) in [5.74, 6) is 4.67. The number of aliphatic hydroxyl groups is 1. The van der Waals surface area contributed by atoms with Crippen LogP contribution in [0, 0.1) is 35.0 Å². The highest BCUT2D eigenvalue weighted by Gasteiger charge is 2.55. The normalized spacial score (nSPS) is 52.7. The first-order valence-corrected chi connectivity index (χ1v) is 10.9. The van der Waals surface area contributed by atoms with E-state index in [-0.39, 0.29) is 5.60 Å². The zero-order valence-corrected chi connectivity index (χ0v) is 16.2. The summed E-state index contributed by atoms with van der Waals surface area (Å²) in [5, 5.41) is 11.0. The third kappa shape index (κ3) is 2.52. The van der Waals surface area contributed by atoms with Crippen molar-refractivity contribution >= 4 is 0 Å². The Kier molecular flexibility index (Phi) is 4.39. The molecule has 0 bridgehead atoms. The summed E-state index contributed by atoms with van der Waals surface area (Å²) in [4.78, 5) is 0. The molecule has 0 unspecified atom stereocenters. The highest BCUT2D eigenvalue weighted by Crippen LogP contribution is 2.64. The Morgan fingerprint density at radius 2 is 1.83 bits per heavy atom. The average Bonchev–Trinajstić information content (AvgIpc) is 2.90. The highest BCUT2D eigenvalue weighted by atomic mass is 16.3. The molecule has 1 N–H and O–H groups in total. The number of fused-ring (bicyclic) bond motifs is 5. The topological polar surface area (TPSA) is 20.2 Å². The minimum absolute atomic E-state index is 0.322. The summed E-state index contributed by atoms with van der Waals surface area (Å²) < 4.78 is 0. The smallest absolute Gasteiger partial charge is 0.0650 e. The number of hydrogen-bond donors (Lipinski definition) is 1. The Morgan fingerprint density at radius 3 is 2.58 bits per heavy atom. The van der Waals surface area contributed by atoms with Gasteiger partial charge in [0.05, 0.1) is 5.60 Å². The van der Waals surface area contributed by atoms with Crippen LogP contribution in [0.5, 0.6) is 0 Å². The van der Waals surface area contributed by atoms with Gasteiger partial charge in [-0.3, -0.25) is 0 Å². The number of allylic oxidation sites excluding steroid dienone is 2. The zero-order chi connectivity index (χ0) is 16.9. The van der Waals surface area contributed by atoms with E-state index in [1.165, 1.54) is 44.9 Å². The van der Waals surface area contributed by atoms with E-state index < -0.39 is 0 Å². The molecule has 1 heteroatoms. The molecule has 0 aromatic heterocycles. The van der Waals surface area contributed by atoms with Gasteiger partial charge in [0.2, 0.25) is 0 Å². The molecule has 0 heterocycles. The summed E-state index contributed by atoms with van der Waals surface area (Å²) in [6.45, 7) is 7.08. The molecule has 0 amide bonds. The molecule has 0 saturated heterocycles. The van der Waals surface area contributed by atoms with Crippen molar-refractivity contribution in [2.75, 3.05) is 0 Å². The minimum Gasteiger partial charge on any atom is -0.390 e. The van der Waals surface area contributed by atoms with Crippen LogP contribution in [0.15, 0.2) is 11.6 Å². The molecule has 4 aliphatic rings. The Hall–Kier alpha value is -0.300. The largest absolute Gasteiger partial charge is 0.390 e. The average molecular weight is 331 g/mol. The Morgan fingerprint density at radius 1 is 1.04 bits per heavy atom. The van der Waals surface area contributed by atoms with Crippen molar-refractivity contribution < 1.29 is 5.11 Å². The van der Waals surface area contributed by atoms with Gasteiger partial charge in [-0.2, -0.15) is 0 Å². The van der Waals surface area contributed by atoms with E-state index in [1.54, 1.807) is 5.57 Å². The van der Waals surface area contributed by atoms with Crippen molar-refractivity contribution in [2.24, 2.45) is 35.0 Å². The maximum atomic E-state index is 11.0. The molecule has 24 heavy (non-hydrogen) atoms. The predicted octanol–water partition coefficient (Wildman–Crippen LogP) is 6.12. The molecule has 1 nitrogen and oxygen atoms in total. The van der Waals surface area contributed by atoms with Gasteiger partial charge >= 0.3 is 0 Å². The quantitative estimate of drug-likeness (QED) is 0.605. The molecule has 0 aliphatic heterocycles. The lowest BCUT2D eigenvalue weighted by Gasteiger charge is -2.56. The summed E-state index contributed by atoms with van der Waals surface area (Å²) in [5.41, 5.74) is 1.98. The lowest BCUT2D eigenvalue weighted by atomic mass is 9.49. The van der Waals surface area contributed by atoms with E-state index in [9.17, 15) is 5.11 Å². The van der Waals surface area contributed by atoms with Crippen LogP contribution < -0.4 is 0 Å². The van der Waals surface area contributed by atoms with E-state index in [0.29, 0.717) is 5.41 Å². The van der Waals surface area contributed by atoms with E-state index >= 15 is 0 Å². The van der Waals surface area contributed by atoms with Crippen LogP contribution in [-0.4, -0.2) is 10.7 Å². The van der Waals surface area contributed by atoms with E-state index in [1.807, 2.05) is 0 Å². The molecule has 136 valence electrons. The van der Waals surface area contributed by atoms with Gasteiger partial charge in [-0.05, 0) is 106 Å². The fraction of sp³-hybridized carbons (Fsp3) is 0.913.